The molecule has 1 aliphatic carbocycles. The second-order valence-corrected chi connectivity index (χ2v) is 4.41. The first kappa shape index (κ1) is 12.3. The second kappa shape index (κ2) is 5.94. The van der Waals surface area contributed by atoms with Crippen LogP contribution in [0.1, 0.15) is 52.4 Å². The SMILES string of the molecule is C=C(CC)C(=O)OC1CCC(CC)CC1. The molecule has 86 valence electrons. The van der Waals surface area contributed by atoms with Crippen molar-refractivity contribution >= 4 is 5.97 Å². The normalized spacial score (nSPS) is 26.0. The third-order valence-electron chi connectivity index (χ3n) is 3.36. The van der Waals surface area contributed by atoms with Gasteiger partial charge in [0.15, 0.2) is 0 Å². The summed E-state index contributed by atoms with van der Waals surface area (Å²) < 4.78 is 5.40. The van der Waals surface area contributed by atoms with Crippen molar-refractivity contribution in [2.45, 2.75) is 58.5 Å². The van der Waals surface area contributed by atoms with Crippen LogP contribution >= 0.6 is 0 Å². The van der Waals surface area contributed by atoms with E-state index in [1.807, 2.05) is 6.92 Å². The molecule has 0 atom stereocenters. The van der Waals surface area contributed by atoms with Crippen molar-refractivity contribution in [3.8, 4) is 0 Å². The number of hydrogen-bond donors (Lipinski definition) is 0. The van der Waals surface area contributed by atoms with Crippen molar-refractivity contribution in [2.24, 2.45) is 5.92 Å². The lowest BCUT2D eigenvalue weighted by atomic mass is 9.86. The lowest BCUT2D eigenvalue weighted by molar-refractivity contribution is -0.146. The lowest BCUT2D eigenvalue weighted by Gasteiger charge is -2.27. The Kier molecular flexibility index (Phi) is 4.86. The van der Waals surface area contributed by atoms with Crippen LogP contribution in [-0.2, 0) is 9.53 Å². The molecule has 0 aromatic rings. The third kappa shape index (κ3) is 3.69. The smallest absolute Gasteiger partial charge is 0.333 e. The van der Waals surface area contributed by atoms with Crippen LogP contribution in [0.15, 0.2) is 12.2 Å². The second-order valence-electron chi connectivity index (χ2n) is 4.41. The molecule has 0 aromatic heterocycles. The monoisotopic (exact) mass is 210 g/mol. The highest BCUT2D eigenvalue weighted by molar-refractivity contribution is 5.87. The summed E-state index contributed by atoms with van der Waals surface area (Å²) in [6, 6.07) is 0. The van der Waals surface area contributed by atoms with Crippen LogP contribution in [0, 0.1) is 5.92 Å². The predicted molar refractivity (Wildman–Crippen MR) is 61.6 cm³/mol. The zero-order valence-electron chi connectivity index (χ0n) is 9.92. The average molecular weight is 210 g/mol. The van der Waals surface area contributed by atoms with E-state index >= 15 is 0 Å². The highest BCUT2D eigenvalue weighted by Crippen LogP contribution is 2.28. The van der Waals surface area contributed by atoms with E-state index in [1.165, 1.54) is 19.3 Å². The zero-order valence-corrected chi connectivity index (χ0v) is 9.92. The Morgan fingerprint density at radius 3 is 2.33 bits per heavy atom. The van der Waals surface area contributed by atoms with E-state index in [4.69, 9.17) is 4.74 Å². The highest BCUT2D eigenvalue weighted by atomic mass is 16.5. The van der Waals surface area contributed by atoms with E-state index in [1.54, 1.807) is 0 Å². The molecule has 2 nitrogen and oxygen atoms in total. The van der Waals surface area contributed by atoms with Crippen molar-refractivity contribution in [3.05, 3.63) is 12.2 Å². The van der Waals surface area contributed by atoms with E-state index < -0.39 is 0 Å². The van der Waals surface area contributed by atoms with Crippen LogP contribution in [-0.4, -0.2) is 12.1 Å². The summed E-state index contributed by atoms with van der Waals surface area (Å²) in [4.78, 5) is 11.5. The minimum Gasteiger partial charge on any atom is -0.459 e. The fourth-order valence-electron chi connectivity index (χ4n) is 2.04. The summed E-state index contributed by atoms with van der Waals surface area (Å²) >= 11 is 0. The van der Waals surface area contributed by atoms with Crippen LogP contribution in [0.5, 0.6) is 0 Å². The van der Waals surface area contributed by atoms with Crippen molar-refractivity contribution in [1.82, 2.24) is 0 Å². The third-order valence-corrected chi connectivity index (χ3v) is 3.36. The minimum atomic E-state index is -0.197. The lowest BCUT2D eigenvalue weighted by Crippen LogP contribution is -2.24. The van der Waals surface area contributed by atoms with Gasteiger partial charge in [0.2, 0.25) is 0 Å². The summed E-state index contributed by atoms with van der Waals surface area (Å²) in [5.41, 5.74) is 0.590. The molecule has 0 spiro atoms. The molecule has 2 heteroatoms. The van der Waals surface area contributed by atoms with Gasteiger partial charge in [0.25, 0.3) is 0 Å². The molecule has 1 aliphatic rings. The van der Waals surface area contributed by atoms with Crippen LogP contribution in [0.2, 0.25) is 0 Å². The first-order chi connectivity index (χ1) is 7.17. The zero-order chi connectivity index (χ0) is 11.3. The van der Waals surface area contributed by atoms with Gasteiger partial charge < -0.3 is 4.74 Å². The molecule has 0 heterocycles. The summed E-state index contributed by atoms with van der Waals surface area (Å²) in [5.74, 6) is 0.645. The Bertz CT molecular complexity index is 225. The van der Waals surface area contributed by atoms with Gasteiger partial charge in [-0.1, -0.05) is 26.8 Å². The largest absolute Gasteiger partial charge is 0.459 e. The molecule has 0 aromatic carbocycles. The molecular weight excluding hydrogens is 188 g/mol. The molecule has 0 unspecified atom stereocenters. The summed E-state index contributed by atoms with van der Waals surface area (Å²) in [6.45, 7) is 7.86. The van der Waals surface area contributed by atoms with Crippen molar-refractivity contribution in [1.29, 1.82) is 0 Å². The minimum absolute atomic E-state index is 0.142. The van der Waals surface area contributed by atoms with E-state index in [-0.39, 0.29) is 12.1 Å². The maximum Gasteiger partial charge on any atom is 0.333 e. The van der Waals surface area contributed by atoms with Crippen molar-refractivity contribution in [3.63, 3.8) is 0 Å². The predicted octanol–water partition coefficient (Wildman–Crippen LogP) is 3.46. The number of esters is 1. The van der Waals surface area contributed by atoms with Gasteiger partial charge in [0, 0.05) is 5.57 Å². The van der Waals surface area contributed by atoms with Gasteiger partial charge in [-0.15, -0.1) is 0 Å². The van der Waals surface area contributed by atoms with Gasteiger partial charge in [-0.05, 0) is 38.0 Å². The van der Waals surface area contributed by atoms with Gasteiger partial charge in [-0.3, -0.25) is 0 Å². The number of carbonyl (C=O) groups excluding carboxylic acids is 1. The maximum atomic E-state index is 11.5. The molecule has 15 heavy (non-hydrogen) atoms. The average Bonchev–Trinajstić information content (AvgIpc) is 2.29. The van der Waals surface area contributed by atoms with Gasteiger partial charge in [-0.2, -0.15) is 0 Å². The molecule has 0 aliphatic heterocycles. The fourth-order valence-corrected chi connectivity index (χ4v) is 2.04. The molecule has 1 fully saturated rings. The number of carbonyl (C=O) groups is 1. The van der Waals surface area contributed by atoms with Crippen LogP contribution in [0.3, 0.4) is 0 Å². The van der Waals surface area contributed by atoms with Gasteiger partial charge >= 0.3 is 5.97 Å². The summed E-state index contributed by atoms with van der Waals surface area (Å²) in [5, 5.41) is 0. The van der Waals surface area contributed by atoms with Gasteiger partial charge in [0.1, 0.15) is 6.10 Å². The van der Waals surface area contributed by atoms with Crippen LogP contribution in [0.4, 0.5) is 0 Å². The maximum absolute atomic E-state index is 11.5. The van der Waals surface area contributed by atoms with E-state index in [0.29, 0.717) is 12.0 Å². The first-order valence-corrected chi connectivity index (χ1v) is 6.06. The summed E-state index contributed by atoms with van der Waals surface area (Å²) in [6.07, 6.45) is 6.54. The number of hydrogen-bond acceptors (Lipinski definition) is 2. The Labute approximate surface area is 92.7 Å². The standard InChI is InChI=1S/C13H22O2/c1-4-10(3)13(14)15-12-8-6-11(5-2)7-9-12/h11-12H,3-9H2,1-2H3. The van der Waals surface area contributed by atoms with Crippen molar-refractivity contribution in [2.75, 3.05) is 0 Å². The molecule has 0 amide bonds. The highest BCUT2D eigenvalue weighted by Gasteiger charge is 2.23. The first-order valence-electron chi connectivity index (χ1n) is 6.06. The molecule has 0 saturated heterocycles. The molecule has 0 bridgehead atoms. The molecule has 1 rings (SSSR count). The Balaban J connectivity index is 2.29. The van der Waals surface area contributed by atoms with Gasteiger partial charge in [-0.25, -0.2) is 4.79 Å². The molecular formula is C13H22O2. The topological polar surface area (TPSA) is 26.3 Å². The van der Waals surface area contributed by atoms with Gasteiger partial charge in [0.05, 0.1) is 0 Å². The molecule has 0 radical (unpaired) electrons. The van der Waals surface area contributed by atoms with E-state index in [9.17, 15) is 4.79 Å². The van der Waals surface area contributed by atoms with E-state index in [0.717, 1.165) is 18.8 Å². The number of rotatable bonds is 4. The van der Waals surface area contributed by atoms with Crippen LogP contribution in [0.25, 0.3) is 0 Å². The molecule has 1 saturated carbocycles. The Hall–Kier alpha value is -0.790. The Morgan fingerprint density at radius 1 is 1.27 bits per heavy atom. The summed E-state index contributed by atoms with van der Waals surface area (Å²) in [7, 11) is 0. The van der Waals surface area contributed by atoms with E-state index in [2.05, 4.69) is 13.5 Å². The quantitative estimate of drug-likeness (QED) is 0.524. The Morgan fingerprint density at radius 2 is 1.87 bits per heavy atom. The number of ether oxygens (including phenoxy) is 1. The fraction of sp³-hybridized carbons (Fsp3) is 0.769. The molecule has 0 N–H and O–H groups in total. The van der Waals surface area contributed by atoms with Crippen molar-refractivity contribution < 1.29 is 9.53 Å². The van der Waals surface area contributed by atoms with Crippen LogP contribution < -0.4 is 0 Å².